The van der Waals surface area contributed by atoms with Crippen molar-refractivity contribution in [3.8, 4) is 0 Å². The van der Waals surface area contributed by atoms with Gasteiger partial charge in [0.25, 0.3) is 0 Å². The average molecular weight is 451 g/mol. The third-order valence-electron chi connectivity index (χ3n) is 2.59. The molecule has 0 fully saturated rings. The first kappa shape index (κ1) is 24.1. The minimum absolute atomic E-state index is 0. The molecule has 0 aromatic heterocycles. The Bertz CT molecular complexity index is 391. The van der Waals surface area contributed by atoms with Gasteiger partial charge in [-0.2, -0.15) is 0 Å². The SMILES string of the molecule is CCNC(=NCCOCCOC)NC(C)CCS(C)(=O)=O.I. The number of halogens is 1. The summed E-state index contributed by atoms with van der Waals surface area (Å²) in [5.74, 6) is 0.842. The lowest BCUT2D eigenvalue weighted by molar-refractivity contribution is 0.0748. The fraction of sp³-hybridized carbons (Fsp3) is 0.923. The van der Waals surface area contributed by atoms with E-state index in [9.17, 15) is 8.42 Å². The summed E-state index contributed by atoms with van der Waals surface area (Å²) in [6, 6.07) is 0.0342. The van der Waals surface area contributed by atoms with Crippen LogP contribution in [0.25, 0.3) is 0 Å². The number of aliphatic imine (C=N–C) groups is 1. The van der Waals surface area contributed by atoms with E-state index in [2.05, 4.69) is 15.6 Å². The third-order valence-corrected chi connectivity index (χ3v) is 3.56. The highest BCUT2D eigenvalue weighted by atomic mass is 127. The van der Waals surface area contributed by atoms with Gasteiger partial charge in [0.2, 0.25) is 0 Å². The fourth-order valence-corrected chi connectivity index (χ4v) is 2.26. The zero-order valence-corrected chi connectivity index (χ0v) is 17.1. The Kier molecular flexibility index (Phi) is 15.9. The van der Waals surface area contributed by atoms with Crippen molar-refractivity contribution < 1.29 is 17.9 Å². The molecule has 0 rings (SSSR count). The minimum Gasteiger partial charge on any atom is -0.382 e. The first-order valence-corrected chi connectivity index (χ1v) is 9.24. The lowest BCUT2D eigenvalue weighted by Gasteiger charge is -2.17. The summed E-state index contributed by atoms with van der Waals surface area (Å²) in [6.07, 6.45) is 1.80. The van der Waals surface area contributed by atoms with Crippen LogP contribution in [0.15, 0.2) is 4.99 Å². The van der Waals surface area contributed by atoms with E-state index in [1.54, 1.807) is 7.11 Å². The molecule has 0 saturated carbocycles. The van der Waals surface area contributed by atoms with Gasteiger partial charge in [-0.25, -0.2) is 8.42 Å². The second kappa shape index (κ2) is 14.5. The molecule has 9 heteroatoms. The van der Waals surface area contributed by atoms with Crippen LogP contribution in [0.4, 0.5) is 0 Å². The molecular formula is C13H30IN3O4S. The van der Waals surface area contributed by atoms with E-state index < -0.39 is 9.84 Å². The van der Waals surface area contributed by atoms with Crippen LogP contribution in [0.2, 0.25) is 0 Å². The molecule has 0 spiro atoms. The molecule has 1 unspecified atom stereocenters. The molecule has 0 aromatic carbocycles. The van der Waals surface area contributed by atoms with E-state index in [-0.39, 0.29) is 35.8 Å². The predicted octanol–water partition coefficient (Wildman–Crippen LogP) is 0.646. The Morgan fingerprint density at radius 2 is 1.95 bits per heavy atom. The summed E-state index contributed by atoms with van der Waals surface area (Å²) in [4.78, 5) is 4.37. The number of guanidine groups is 1. The van der Waals surface area contributed by atoms with Crippen molar-refractivity contribution >= 4 is 39.8 Å². The summed E-state index contributed by atoms with van der Waals surface area (Å²) in [5.41, 5.74) is 0. The van der Waals surface area contributed by atoms with Crippen LogP contribution < -0.4 is 10.6 Å². The van der Waals surface area contributed by atoms with Crippen LogP contribution in [0.1, 0.15) is 20.3 Å². The van der Waals surface area contributed by atoms with Crippen LogP contribution in [-0.2, 0) is 19.3 Å². The molecule has 0 aliphatic carbocycles. The largest absolute Gasteiger partial charge is 0.382 e. The summed E-state index contributed by atoms with van der Waals surface area (Å²) >= 11 is 0. The molecule has 0 heterocycles. The molecule has 0 aliphatic heterocycles. The minimum atomic E-state index is -2.93. The molecule has 0 saturated heterocycles. The molecule has 0 amide bonds. The van der Waals surface area contributed by atoms with E-state index >= 15 is 0 Å². The highest BCUT2D eigenvalue weighted by molar-refractivity contribution is 14.0. The molecule has 0 aliphatic rings. The zero-order chi connectivity index (χ0) is 16.1. The Morgan fingerprint density at radius 3 is 2.50 bits per heavy atom. The molecule has 0 radical (unpaired) electrons. The van der Waals surface area contributed by atoms with Gasteiger partial charge in [0.05, 0.1) is 32.1 Å². The van der Waals surface area contributed by atoms with Crippen molar-refractivity contribution in [1.29, 1.82) is 0 Å². The maximum Gasteiger partial charge on any atom is 0.191 e. The van der Waals surface area contributed by atoms with E-state index in [0.29, 0.717) is 38.7 Å². The normalized spacial score (nSPS) is 13.4. The summed E-state index contributed by atoms with van der Waals surface area (Å²) in [5, 5.41) is 6.31. The quantitative estimate of drug-likeness (QED) is 0.208. The molecule has 2 N–H and O–H groups in total. The van der Waals surface area contributed by atoms with Crippen molar-refractivity contribution in [2.45, 2.75) is 26.3 Å². The molecule has 22 heavy (non-hydrogen) atoms. The van der Waals surface area contributed by atoms with Crippen LogP contribution in [-0.4, -0.2) is 72.4 Å². The van der Waals surface area contributed by atoms with Crippen LogP contribution >= 0.6 is 24.0 Å². The molecular weight excluding hydrogens is 421 g/mol. The average Bonchev–Trinajstić information content (AvgIpc) is 2.40. The highest BCUT2D eigenvalue weighted by Gasteiger charge is 2.09. The Labute approximate surface area is 151 Å². The van der Waals surface area contributed by atoms with Crippen molar-refractivity contribution in [2.24, 2.45) is 4.99 Å². The smallest absolute Gasteiger partial charge is 0.191 e. The number of nitrogens with zero attached hydrogens (tertiary/aromatic N) is 1. The van der Waals surface area contributed by atoms with E-state index in [1.165, 1.54) is 6.26 Å². The van der Waals surface area contributed by atoms with Gasteiger partial charge in [0.15, 0.2) is 5.96 Å². The maximum atomic E-state index is 11.1. The van der Waals surface area contributed by atoms with Gasteiger partial charge >= 0.3 is 0 Å². The van der Waals surface area contributed by atoms with Crippen LogP contribution in [0.5, 0.6) is 0 Å². The van der Waals surface area contributed by atoms with Gasteiger partial charge < -0.3 is 20.1 Å². The monoisotopic (exact) mass is 451 g/mol. The van der Waals surface area contributed by atoms with Crippen molar-refractivity contribution in [2.75, 3.05) is 52.0 Å². The van der Waals surface area contributed by atoms with Gasteiger partial charge in [-0.1, -0.05) is 0 Å². The molecule has 7 nitrogen and oxygen atoms in total. The number of ether oxygens (including phenoxy) is 2. The fourth-order valence-electron chi connectivity index (χ4n) is 1.48. The van der Waals surface area contributed by atoms with Gasteiger partial charge in [-0.05, 0) is 20.3 Å². The third kappa shape index (κ3) is 16.2. The van der Waals surface area contributed by atoms with Crippen molar-refractivity contribution in [3.05, 3.63) is 0 Å². The molecule has 0 bridgehead atoms. The topological polar surface area (TPSA) is 89.0 Å². The summed E-state index contributed by atoms with van der Waals surface area (Å²) < 4.78 is 32.5. The number of sulfone groups is 1. The number of nitrogens with one attached hydrogen (secondary N) is 2. The summed E-state index contributed by atoms with van der Waals surface area (Å²) in [7, 11) is -1.30. The number of rotatable bonds is 11. The number of hydrogen-bond acceptors (Lipinski definition) is 5. The van der Waals surface area contributed by atoms with Gasteiger partial charge in [-0.3, -0.25) is 4.99 Å². The van der Waals surface area contributed by atoms with E-state index in [1.807, 2.05) is 13.8 Å². The van der Waals surface area contributed by atoms with E-state index in [0.717, 1.165) is 6.54 Å². The second-order valence-electron chi connectivity index (χ2n) is 4.83. The Balaban J connectivity index is 0. The van der Waals surface area contributed by atoms with Gasteiger partial charge in [-0.15, -0.1) is 24.0 Å². The van der Waals surface area contributed by atoms with Crippen molar-refractivity contribution in [1.82, 2.24) is 10.6 Å². The number of methoxy groups -OCH3 is 1. The zero-order valence-electron chi connectivity index (χ0n) is 13.9. The molecule has 0 aromatic rings. The van der Waals surface area contributed by atoms with Gasteiger partial charge in [0, 0.05) is 26.0 Å². The first-order valence-electron chi connectivity index (χ1n) is 7.18. The first-order chi connectivity index (χ1) is 9.89. The van der Waals surface area contributed by atoms with Gasteiger partial charge in [0.1, 0.15) is 9.84 Å². The maximum absolute atomic E-state index is 11.1. The van der Waals surface area contributed by atoms with Crippen LogP contribution in [0, 0.1) is 0 Å². The number of hydrogen-bond donors (Lipinski definition) is 2. The second-order valence-corrected chi connectivity index (χ2v) is 7.09. The standard InChI is InChI=1S/C13H29N3O4S.HI/c1-5-14-13(15-7-8-20-10-9-19-3)16-12(2)6-11-21(4,17)18;/h12H,5-11H2,1-4H3,(H2,14,15,16);1H. The lowest BCUT2D eigenvalue weighted by Crippen LogP contribution is -2.43. The predicted molar refractivity (Wildman–Crippen MR) is 101 cm³/mol. The van der Waals surface area contributed by atoms with Crippen molar-refractivity contribution in [3.63, 3.8) is 0 Å². The Morgan fingerprint density at radius 1 is 1.27 bits per heavy atom. The van der Waals surface area contributed by atoms with E-state index in [4.69, 9.17) is 9.47 Å². The molecule has 1 atom stereocenters. The Hall–Kier alpha value is -0.130. The highest BCUT2D eigenvalue weighted by Crippen LogP contribution is 1.95. The molecule has 134 valence electrons. The lowest BCUT2D eigenvalue weighted by atomic mass is 10.3. The van der Waals surface area contributed by atoms with Crippen LogP contribution in [0.3, 0.4) is 0 Å². The summed E-state index contributed by atoms with van der Waals surface area (Å²) in [6.45, 7) is 6.86.